The van der Waals surface area contributed by atoms with Crippen molar-refractivity contribution in [3.63, 3.8) is 0 Å². The van der Waals surface area contributed by atoms with Crippen LogP contribution in [0, 0.1) is 5.41 Å². The van der Waals surface area contributed by atoms with E-state index in [1.807, 2.05) is 0 Å². The van der Waals surface area contributed by atoms with Crippen LogP contribution in [0.4, 0.5) is 13.2 Å². The van der Waals surface area contributed by atoms with E-state index in [1.54, 1.807) is 0 Å². The highest BCUT2D eigenvalue weighted by Crippen LogP contribution is 2.23. The maximum atomic E-state index is 11.9. The molecule has 0 aliphatic carbocycles. The fourth-order valence-electron chi connectivity index (χ4n) is 1.74. The maximum absolute atomic E-state index is 11.9. The molecule has 0 amide bonds. The van der Waals surface area contributed by atoms with E-state index >= 15 is 0 Å². The van der Waals surface area contributed by atoms with E-state index in [0.29, 0.717) is 12.5 Å². The molecule has 0 bridgehead atoms. The molecule has 18 heavy (non-hydrogen) atoms. The smallest absolute Gasteiger partial charge is 0.372 e. The minimum absolute atomic E-state index is 0.110. The van der Waals surface area contributed by atoms with Crippen LogP contribution in [0.3, 0.4) is 0 Å². The minimum Gasteiger partial charge on any atom is -0.372 e. The lowest BCUT2D eigenvalue weighted by Crippen LogP contribution is -2.40. The van der Waals surface area contributed by atoms with E-state index < -0.39 is 12.8 Å². The summed E-state index contributed by atoms with van der Waals surface area (Å²) in [4.78, 5) is 0. The molecule has 2 nitrogen and oxygen atoms in total. The summed E-state index contributed by atoms with van der Waals surface area (Å²) >= 11 is 0. The third kappa shape index (κ3) is 9.71. The Labute approximate surface area is 108 Å². The fraction of sp³-hybridized carbons (Fsp3) is 1.00. The summed E-state index contributed by atoms with van der Waals surface area (Å²) in [6, 6.07) is 0.312. The predicted molar refractivity (Wildman–Crippen MR) is 67.6 cm³/mol. The van der Waals surface area contributed by atoms with Crippen molar-refractivity contribution < 1.29 is 17.9 Å². The average molecular weight is 269 g/mol. The second kappa shape index (κ2) is 8.00. The van der Waals surface area contributed by atoms with Gasteiger partial charge in [-0.1, -0.05) is 27.7 Å². The number of halogens is 3. The fourth-order valence-corrected chi connectivity index (χ4v) is 1.74. The summed E-state index contributed by atoms with van der Waals surface area (Å²) in [7, 11) is 0. The first kappa shape index (κ1) is 17.7. The molecule has 5 heteroatoms. The van der Waals surface area contributed by atoms with Gasteiger partial charge in [-0.05, 0) is 31.2 Å². The van der Waals surface area contributed by atoms with Gasteiger partial charge < -0.3 is 10.1 Å². The van der Waals surface area contributed by atoms with E-state index in [1.165, 1.54) is 0 Å². The van der Waals surface area contributed by atoms with Crippen molar-refractivity contribution in [2.75, 3.05) is 19.8 Å². The number of nitrogens with one attached hydrogen (secondary N) is 1. The average Bonchev–Trinajstić information content (AvgIpc) is 2.18. The first-order valence-corrected chi connectivity index (χ1v) is 6.54. The molecule has 0 saturated heterocycles. The first-order valence-electron chi connectivity index (χ1n) is 6.54. The largest absolute Gasteiger partial charge is 0.411 e. The van der Waals surface area contributed by atoms with Crippen LogP contribution in [0.5, 0.6) is 0 Å². The second-order valence-electron chi connectivity index (χ2n) is 5.68. The monoisotopic (exact) mass is 269 g/mol. The molecule has 0 fully saturated rings. The van der Waals surface area contributed by atoms with Gasteiger partial charge >= 0.3 is 6.18 Å². The summed E-state index contributed by atoms with van der Waals surface area (Å²) in [5, 5.41) is 3.44. The molecule has 0 saturated carbocycles. The van der Waals surface area contributed by atoms with Gasteiger partial charge in [-0.2, -0.15) is 13.2 Å². The highest BCUT2D eigenvalue weighted by Gasteiger charge is 2.27. The Morgan fingerprint density at radius 2 is 1.78 bits per heavy atom. The molecule has 1 unspecified atom stereocenters. The molecular formula is C13H26F3NO. The third-order valence-corrected chi connectivity index (χ3v) is 2.73. The third-order valence-electron chi connectivity index (χ3n) is 2.73. The number of rotatable bonds is 8. The van der Waals surface area contributed by atoms with Crippen LogP contribution < -0.4 is 5.32 Å². The predicted octanol–water partition coefficient (Wildman–Crippen LogP) is 3.76. The quantitative estimate of drug-likeness (QED) is 0.677. The first-order chi connectivity index (χ1) is 8.17. The SMILES string of the molecule is CCCNC(CCCOCC(F)(F)F)C(C)(C)C. The zero-order valence-electron chi connectivity index (χ0n) is 11.9. The van der Waals surface area contributed by atoms with Crippen LogP contribution in [-0.4, -0.2) is 32.0 Å². The minimum atomic E-state index is -4.22. The van der Waals surface area contributed by atoms with Crippen molar-refractivity contribution in [1.29, 1.82) is 0 Å². The summed E-state index contributed by atoms with van der Waals surface area (Å²) in [6.45, 7) is 8.46. The van der Waals surface area contributed by atoms with Gasteiger partial charge in [0.25, 0.3) is 0 Å². The molecule has 0 aromatic carbocycles. The molecule has 0 radical (unpaired) electrons. The van der Waals surface area contributed by atoms with Gasteiger partial charge in [0, 0.05) is 12.6 Å². The van der Waals surface area contributed by atoms with Gasteiger partial charge in [-0.25, -0.2) is 0 Å². The Hall–Kier alpha value is -0.290. The van der Waals surface area contributed by atoms with Crippen LogP contribution in [0.25, 0.3) is 0 Å². The van der Waals surface area contributed by atoms with E-state index in [0.717, 1.165) is 19.4 Å². The zero-order valence-corrected chi connectivity index (χ0v) is 11.9. The molecule has 0 aliphatic heterocycles. The molecule has 0 spiro atoms. The summed E-state index contributed by atoms with van der Waals surface area (Å²) in [6.07, 6.45) is -1.68. The lowest BCUT2D eigenvalue weighted by Gasteiger charge is -2.31. The van der Waals surface area contributed by atoms with Crippen molar-refractivity contribution in [3.05, 3.63) is 0 Å². The van der Waals surface area contributed by atoms with Gasteiger partial charge in [0.2, 0.25) is 0 Å². The molecule has 0 aliphatic rings. The molecular weight excluding hydrogens is 243 g/mol. The van der Waals surface area contributed by atoms with Crippen LogP contribution >= 0.6 is 0 Å². The van der Waals surface area contributed by atoms with Crippen LogP contribution in [-0.2, 0) is 4.74 Å². The van der Waals surface area contributed by atoms with Gasteiger partial charge in [-0.15, -0.1) is 0 Å². The second-order valence-corrected chi connectivity index (χ2v) is 5.68. The Bertz CT molecular complexity index is 211. The Morgan fingerprint density at radius 1 is 1.17 bits per heavy atom. The highest BCUT2D eigenvalue weighted by molar-refractivity contribution is 4.80. The number of alkyl halides is 3. The van der Waals surface area contributed by atoms with Gasteiger partial charge in [0.1, 0.15) is 6.61 Å². The molecule has 0 aromatic heterocycles. The topological polar surface area (TPSA) is 21.3 Å². The summed E-state index contributed by atoms with van der Waals surface area (Å²) < 4.78 is 40.2. The van der Waals surface area contributed by atoms with Gasteiger partial charge in [-0.3, -0.25) is 0 Å². The Kier molecular flexibility index (Phi) is 7.87. The normalized spacial score (nSPS) is 14.8. The zero-order chi connectivity index (χ0) is 14.2. The van der Waals surface area contributed by atoms with Crippen LogP contribution in [0.2, 0.25) is 0 Å². The number of hydrogen-bond donors (Lipinski definition) is 1. The van der Waals surface area contributed by atoms with E-state index in [9.17, 15) is 13.2 Å². The standard InChI is InChI=1S/C13H26F3NO/c1-5-8-17-11(12(2,3)4)7-6-9-18-10-13(14,15)16/h11,17H,5-10H2,1-4H3. The molecule has 1 atom stereocenters. The Balaban J connectivity index is 3.83. The Morgan fingerprint density at radius 3 is 2.22 bits per heavy atom. The van der Waals surface area contributed by atoms with Crippen molar-refractivity contribution >= 4 is 0 Å². The molecule has 1 N–H and O–H groups in total. The summed E-state index contributed by atoms with van der Waals surface area (Å²) in [5.74, 6) is 0. The number of hydrogen-bond acceptors (Lipinski definition) is 2. The van der Waals surface area contributed by atoms with Crippen molar-refractivity contribution in [3.8, 4) is 0 Å². The molecule has 0 rings (SSSR count). The summed E-state index contributed by atoms with van der Waals surface area (Å²) in [5.41, 5.74) is 0.110. The molecule has 110 valence electrons. The van der Waals surface area contributed by atoms with E-state index in [-0.39, 0.29) is 12.0 Å². The van der Waals surface area contributed by atoms with Crippen molar-refractivity contribution in [2.24, 2.45) is 5.41 Å². The lowest BCUT2D eigenvalue weighted by atomic mass is 9.84. The molecule has 0 heterocycles. The van der Waals surface area contributed by atoms with Crippen LogP contribution in [0.15, 0.2) is 0 Å². The van der Waals surface area contributed by atoms with E-state index in [4.69, 9.17) is 0 Å². The maximum Gasteiger partial charge on any atom is 0.411 e. The number of ether oxygens (including phenoxy) is 1. The van der Waals surface area contributed by atoms with Crippen LogP contribution in [0.1, 0.15) is 47.0 Å². The van der Waals surface area contributed by atoms with Gasteiger partial charge in [0.05, 0.1) is 0 Å². The highest BCUT2D eigenvalue weighted by atomic mass is 19.4. The molecule has 0 aromatic rings. The van der Waals surface area contributed by atoms with Gasteiger partial charge in [0.15, 0.2) is 0 Å². The van der Waals surface area contributed by atoms with Crippen molar-refractivity contribution in [1.82, 2.24) is 5.32 Å². The lowest BCUT2D eigenvalue weighted by molar-refractivity contribution is -0.174. The van der Waals surface area contributed by atoms with Crippen molar-refractivity contribution in [2.45, 2.75) is 59.2 Å². The van der Waals surface area contributed by atoms with E-state index in [2.05, 4.69) is 37.7 Å².